The molecule has 4 nitrogen and oxygen atoms in total. The summed E-state index contributed by atoms with van der Waals surface area (Å²) in [5.74, 6) is 0.626. The van der Waals surface area contributed by atoms with Gasteiger partial charge in [0.2, 0.25) is 0 Å². The molecule has 1 aliphatic rings. The molecule has 0 atom stereocenters. The predicted molar refractivity (Wildman–Crippen MR) is 71.5 cm³/mol. The zero-order valence-electron chi connectivity index (χ0n) is 10.2. The van der Waals surface area contributed by atoms with Crippen molar-refractivity contribution in [1.29, 1.82) is 0 Å². The first-order valence-electron chi connectivity index (χ1n) is 6.01. The van der Waals surface area contributed by atoms with Crippen molar-refractivity contribution < 1.29 is 9.15 Å². The number of benzene rings is 1. The Hall–Kier alpha value is -1.33. The largest absolute Gasteiger partial charge is 0.493 e. The summed E-state index contributed by atoms with van der Waals surface area (Å²) in [5, 5.41) is 0. The number of hydrogen-bond acceptors (Lipinski definition) is 5. The number of nitrogens with two attached hydrogens (primary N) is 1. The van der Waals surface area contributed by atoms with Gasteiger partial charge in [-0.05, 0) is 30.5 Å². The summed E-state index contributed by atoms with van der Waals surface area (Å²) >= 11 is 1.11. The van der Waals surface area contributed by atoms with Crippen molar-refractivity contribution in [1.82, 2.24) is 0 Å². The van der Waals surface area contributed by atoms with E-state index in [4.69, 9.17) is 14.9 Å². The Morgan fingerprint density at radius 2 is 2.28 bits per heavy atom. The van der Waals surface area contributed by atoms with Crippen LogP contribution in [0.4, 0.5) is 0 Å². The Morgan fingerprint density at radius 1 is 1.50 bits per heavy atom. The summed E-state index contributed by atoms with van der Waals surface area (Å²) < 4.78 is 11.3. The maximum atomic E-state index is 11.3. The maximum Gasteiger partial charge on any atom is 0.396 e. The highest BCUT2D eigenvalue weighted by molar-refractivity contribution is 7.16. The molecule has 1 saturated carbocycles. The van der Waals surface area contributed by atoms with Crippen LogP contribution in [0.1, 0.15) is 24.8 Å². The fourth-order valence-electron chi connectivity index (χ4n) is 2.62. The van der Waals surface area contributed by atoms with Crippen LogP contribution >= 0.6 is 11.3 Å². The third-order valence-corrected chi connectivity index (χ3v) is 4.71. The van der Waals surface area contributed by atoms with Gasteiger partial charge in [0.25, 0.3) is 0 Å². The topological polar surface area (TPSA) is 65.5 Å². The molecule has 0 unspecified atom stereocenters. The van der Waals surface area contributed by atoms with Gasteiger partial charge < -0.3 is 14.9 Å². The highest BCUT2D eigenvalue weighted by Crippen LogP contribution is 2.45. The molecule has 2 aromatic rings. The van der Waals surface area contributed by atoms with Gasteiger partial charge in [0.1, 0.15) is 0 Å². The lowest BCUT2D eigenvalue weighted by Gasteiger charge is -2.41. The van der Waals surface area contributed by atoms with Gasteiger partial charge in [0, 0.05) is 12.0 Å². The first-order valence-corrected chi connectivity index (χ1v) is 6.82. The quantitative estimate of drug-likeness (QED) is 0.924. The minimum absolute atomic E-state index is 0.0640. The Bertz CT molecular complexity index is 634. The molecule has 1 aromatic carbocycles. The van der Waals surface area contributed by atoms with Gasteiger partial charge in [-0.15, -0.1) is 0 Å². The molecule has 1 fully saturated rings. The van der Waals surface area contributed by atoms with Crippen LogP contribution in [-0.4, -0.2) is 13.7 Å². The van der Waals surface area contributed by atoms with Crippen molar-refractivity contribution in [2.45, 2.75) is 24.7 Å². The average Bonchev–Trinajstić information content (AvgIpc) is 2.67. The molecule has 2 N–H and O–H groups in total. The molecule has 0 aliphatic heterocycles. The molecule has 3 rings (SSSR count). The molecule has 5 heteroatoms. The molecule has 1 heterocycles. The monoisotopic (exact) mass is 265 g/mol. The standard InChI is InChI=1S/C13H15NO3S/c1-16-9-5-8(13(7-14)3-2-4-13)6-10-11(9)17-12(15)18-10/h5-6H,2-4,7,14H2,1H3. The lowest BCUT2D eigenvalue weighted by molar-refractivity contribution is 0.252. The van der Waals surface area contributed by atoms with Gasteiger partial charge in [-0.1, -0.05) is 17.8 Å². The molecule has 18 heavy (non-hydrogen) atoms. The van der Waals surface area contributed by atoms with Crippen molar-refractivity contribution in [3.63, 3.8) is 0 Å². The molecule has 0 saturated heterocycles. The molecule has 96 valence electrons. The molecule has 1 aromatic heterocycles. The van der Waals surface area contributed by atoms with E-state index >= 15 is 0 Å². The van der Waals surface area contributed by atoms with Crippen LogP contribution in [0.2, 0.25) is 0 Å². The van der Waals surface area contributed by atoms with Crippen LogP contribution in [-0.2, 0) is 5.41 Å². The van der Waals surface area contributed by atoms with Gasteiger partial charge in [0.15, 0.2) is 11.3 Å². The fraction of sp³-hybridized carbons (Fsp3) is 0.462. The summed E-state index contributed by atoms with van der Waals surface area (Å²) in [6, 6.07) is 3.99. The lowest BCUT2D eigenvalue weighted by atomic mass is 9.64. The minimum atomic E-state index is -0.296. The summed E-state index contributed by atoms with van der Waals surface area (Å²) in [6.45, 7) is 0.633. The van der Waals surface area contributed by atoms with Crippen LogP contribution in [0.15, 0.2) is 21.3 Å². The second-order valence-corrected chi connectivity index (χ2v) is 5.78. The fourth-order valence-corrected chi connectivity index (χ4v) is 3.34. The molecule has 0 bridgehead atoms. The van der Waals surface area contributed by atoms with Crippen LogP contribution < -0.4 is 15.4 Å². The van der Waals surface area contributed by atoms with Gasteiger partial charge in [-0.25, -0.2) is 4.79 Å². The molecular weight excluding hydrogens is 250 g/mol. The van der Waals surface area contributed by atoms with Gasteiger partial charge in [-0.2, -0.15) is 0 Å². The zero-order valence-corrected chi connectivity index (χ0v) is 11.0. The second-order valence-electron chi connectivity index (χ2n) is 4.80. The Kier molecular flexibility index (Phi) is 2.68. The summed E-state index contributed by atoms with van der Waals surface area (Å²) in [5.41, 5.74) is 7.69. The van der Waals surface area contributed by atoms with Crippen molar-refractivity contribution in [3.8, 4) is 5.75 Å². The van der Waals surface area contributed by atoms with Gasteiger partial charge in [0.05, 0.1) is 11.8 Å². The predicted octanol–water partition coefficient (Wildman–Crippen LogP) is 2.24. The van der Waals surface area contributed by atoms with E-state index in [-0.39, 0.29) is 10.4 Å². The van der Waals surface area contributed by atoms with E-state index in [0.29, 0.717) is 17.9 Å². The first-order chi connectivity index (χ1) is 8.68. The van der Waals surface area contributed by atoms with Gasteiger partial charge >= 0.3 is 4.94 Å². The van der Waals surface area contributed by atoms with Crippen LogP contribution in [0, 0.1) is 0 Å². The summed E-state index contributed by atoms with van der Waals surface area (Å²) in [7, 11) is 1.59. The summed E-state index contributed by atoms with van der Waals surface area (Å²) in [6.07, 6.45) is 3.41. The second kappa shape index (κ2) is 4.10. The molecule has 0 amide bonds. The van der Waals surface area contributed by atoms with Crippen LogP contribution in [0.3, 0.4) is 0 Å². The van der Waals surface area contributed by atoms with E-state index in [1.165, 1.54) is 6.42 Å². The first kappa shape index (κ1) is 11.7. The SMILES string of the molecule is COc1cc(C2(CN)CCC2)cc2sc(=O)oc12. The van der Waals surface area contributed by atoms with E-state index < -0.39 is 0 Å². The van der Waals surface area contributed by atoms with Gasteiger partial charge in [-0.3, -0.25) is 0 Å². The maximum absolute atomic E-state index is 11.3. The normalized spacial score (nSPS) is 17.7. The molecular formula is C13H15NO3S. The Labute approximate surface area is 108 Å². The van der Waals surface area contributed by atoms with E-state index in [0.717, 1.165) is 34.4 Å². The third-order valence-electron chi connectivity index (χ3n) is 3.93. The van der Waals surface area contributed by atoms with E-state index in [2.05, 4.69) is 0 Å². The molecule has 0 spiro atoms. The van der Waals surface area contributed by atoms with E-state index in [9.17, 15) is 4.79 Å². The number of hydrogen-bond donors (Lipinski definition) is 1. The number of rotatable bonds is 3. The summed E-state index contributed by atoms with van der Waals surface area (Å²) in [4.78, 5) is 11.0. The average molecular weight is 265 g/mol. The minimum Gasteiger partial charge on any atom is -0.493 e. The highest BCUT2D eigenvalue weighted by Gasteiger charge is 2.38. The van der Waals surface area contributed by atoms with Crippen molar-refractivity contribution in [3.05, 3.63) is 27.4 Å². The zero-order chi connectivity index (χ0) is 12.8. The van der Waals surface area contributed by atoms with Crippen LogP contribution in [0.5, 0.6) is 5.75 Å². The van der Waals surface area contributed by atoms with E-state index in [1.54, 1.807) is 7.11 Å². The Morgan fingerprint density at radius 3 is 2.83 bits per heavy atom. The van der Waals surface area contributed by atoms with Crippen molar-refractivity contribution >= 4 is 21.6 Å². The molecule has 1 aliphatic carbocycles. The van der Waals surface area contributed by atoms with Crippen molar-refractivity contribution in [2.24, 2.45) is 5.73 Å². The van der Waals surface area contributed by atoms with Crippen molar-refractivity contribution in [2.75, 3.05) is 13.7 Å². The highest BCUT2D eigenvalue weighted by atomic mass is 32.1. The number of fused-ring (bicyclic) bond motifs is 1. The molecule has 0 radical (unpaired) electrons. The van der Waals surface area contributed by atoms with Crippen LogP contribution in [0.25, 0.3) is 10.3 Å². The smallest absolute Gasteiger partial charge is 0.396 e. The third kappa shape index (κ3) is 1.58. The number of methoxy groups -OCH3 is 1. The lowest BCUT2D eigenvalue weighted by Crippen LogP contribution is -2.41. The Balaban J connectivity index is 2.21. The van der Waals surface area contributed by atoms with E-state index in [1.807, 2.05) is 12.1 Å². The number of ether oxygens (including phenoxy) is 1.